The van der Waals surface area contributed by atoms with Gasteiger partial charge in [0.05, 0.1) is 19.3 Å². The molecule has 0 atom stereocenters. The molecule has 0 aliphatic carbocycles. The number of nitrogens with one attached hydrogen (secondary N) is 1. The first-order valence-corrected chi connectivity index (χ1v) is 7.23. The van der Waals surface area contributed by atoms with Gasteiger partial charge in [-0.15, -0.1) is 0 Å². The van der Waals surface area contributed by atoms with E-state index in [1.165, 1.54) is 0 Å². The van der Waals surface area contributed by atoms with E-state index in [1.54, 1.807) is 0 Å². The second kappa shape index (κ2) is 9.65. The largest absolute Gasteiger partial charge is 0.490 e. The lowest BCUT2D eigenvalue weighted by Gasteiger charge is -2.13. The SMILES string of the molecule is CCCOc1ccc(CCNC(=O)CC#N)cc1OCC. The molecular weight excluding hydrogens is 268 g/mol. The van der Waals surface area contributed by atoms with Crippen LogP contribution >= 0.6 is 0 Å². The smallest absolute Gasteiger partial charge is 0.234 e. The van der Waals surface area contributed by atoms with Crippen LogP contribution in [0.4, 0.5) is 0 Å². The van der Waals surface area contributed by atoms with Crippen molar-refractivity contribution in [3.63, 3.8) is 0 Å². The molecule has 0 saturated heterocycles. The molecule has 21 heavy (non-hydrogen) atoms. The van der Waals surface area contributed by atoms with Gasteiger partial charge < -0.3 is 14.8 Å². The standard InChI is InChI=1S/C16H22N2O3/c1-3-11-21-14-6-5-13(12-15(14)20-4-2)8-10-18-16(19)7-9-17/h5-6,12H,3-4,7-8,10-11H2,1-2H3,(H,18,19). The van der Waals surface area contributed by atoms with Crippen LogP contribution in [0.1, 0.15) is 32.3 Å². The lowest BCUT2D eigenvalue weighted by atomic mass is 10.1. The van der Waals surface area contributed by atoms with Gasteiger partial charge in [0.1, 0.15) is 6.42 Å². The van der Waals surface area contributed by atoms with Gasteiger partial charge in [0.2, 0.25) is 5.91 Å². The average Bonchev–Trinajstić information content (AvgIpc) is 2.47. The predicted octanol–water partition coefficient (Wildman–Crippen LogP) is 2.45. The molecule has 0 fully saturated rings. The summed E-state index contributed by atoms with van der Waals surface area (Å²) < 4.78 is 11.2. The molecule has 5 heteroatoms. The zero-order chi connectivity index (χ0) is 15.5. The zero-order valence-corrected chi connectivity index (χ0v) is 12.6. The second-order valence-electron chi connectivity index (χ2n) is 4.50. The summed E-state index contributed by atoms with van der Waals surface area (Å²) in [5.74, 6) is 1.23. The number of hydrogen-bond donors (Lipinski definition) is 1. The van der Waals surface area contributed by atoms with E-state index in [-0.39, 0.29) is 12.3 Å². The average molecular weight is 290 g/mol. The van der Waals surface area contributed by atoms with Crippen molar-refractivity contribution in [2.24, 2.45) is 0 Å². The fourth-order valence-electron chi connectivity index (χ4n) is 1.79. The predicted molar refractivity (Wildman–Crippen MR) is 80.3 cm³/mol. The van der Waals surface area contributed by atoms with Crippen molar-refractivity contribution in [1.82, 2.24) is 5.32 Å². The van der Waals surface area contributed by atoms with Crippen LogP contribution in [-0.4, -0.2) is 25.7 Å². The summed E-state index contributed by atoms with van der Waals surface area (Å²) in [7, 11) is 0. The molecule has 0 heterocycles. The Kier molecular flexibility index (Phi) is 7.73. The number of rotatable bonds is 9. The highest BCUT2D eigenvalue weighted by atomic mass is 16.5. The molecule has 0 spiro atoms. The molecule has 1 aromatic rings. The van der Waals surface area contributed by atoms with Crippen molar-refractivity contribution in [2.75, 3.05) is 19.8 Å². The highest BCUT2D eigenvalue weighted by Crippen LogP contribution is 2.28. The van der Waals surface area contributed by atoms with Gasteiger partial charge in [-0.05, 0) is 37.5 Å². The van der Waals surface area contributed by atoms with Crippen LogP contribution in [0.15, 0.2) is 18.2 Å². The third-order valence-corrected chi connectivity index (χ3v) is 2.75. The first-order valence-electron chi connectivity index (χ1n) is 7.23. The van der Waals surface area contributed by atoms with Crippen LogP contribution in [0.25, 0.3) is 0 Å². The van der Waals surface area contributed by atoms with Gasteiger partial charge in [-0.1, -0.05) is 13.0 Å². The summed E-state index contributed by atoms with van der Waals surface area (Å²) in [5.41, 5.74) is 1.06. The van der Waals surface area contributed by atoms with Crippen molar-refractivity contribution in [1.29, 1.82) is 5.26 Å². The minimum absolute atomic E-state index is 0.103. The highest BCUT2D eigenvalue weighted by molar-refractivity contribution is 5.77. The van der Waals surface area contributed by atoms with Gasteiger partial charge in [-0.25, -0.2) is 0 Å². The number of amides is 1. The molecule has 0 unspecified atom stereocenters. The normalized spacial score (nSPS) is 9.76. The molecule has 1 N–H and O–H groups in total. The molecule has 0 aliphatic rings. The molecule has 1 amide bonds. The fraction of sp³-hybridized carbons (Fsp3) is 0.500. The van der Waals surface area contributed by atoms with Crippen LogP contribution < -0.4 is 14.8 Å². The molecule has 1 aromatic carbocycles. The van der Waals surface area contributed by atoms with E-state index in [9.17, 15) is 4.79 Å². The number of carbonyl (C=O) groups is 1. The van der Waals surface area contributed by atoms with Crippen molar-refractivity contribution in [3.8, 4) is 17.6 Å². The maximum Gasteiger partial charge on any atom is 0.234 e. The van der Waals surface area contributed by atoms with Gasteiger partial charge in [-0.3, -0.25) is 4.79 Å². The van der Waals surface area contributed by atoms with Crippen molar-refractivity contribution in [3.05, 3.63) is 23.8 Å². The van der Waals surface area contributed by atoms with E-state index in [1.807, 2.05) is 31.2 Å². The summed E-state index contributed by atoms with van der Waals surface area (Å²) >= 11 is 0. The first kappa shape index (κ1) is 16.8. The zero-order valence-electron chi connectivity index (χ0n) is 12.6. The minimum atomic E-state index is -0.245. The highest BCUT2D eigenvalue weighted by Gasteiger charge is 2.07. The third kappa shape index (κ3) is 6.17. The second-order valence-corrected chi connectivity index (χ2v) is 4.50. The number of nitriles is 1. The van der Waals surface area contributed by atoms with E-state index in [4.69, 9.17) is 14.7 Å². The van der Waals surface area contributed by atoms with E-state index >= 15 is 0 Å². The third-order valence-electron chi connectivity index (χ3n) is 2.75. The van der Waals surface area contributed by atoms with Gasteiger partial charge in [-0.2, -0.15) is 5.26 Å². The summed E-state index contributed by atoms with van der Waals surface area (Å²) in [6, 6.07) is 7.61. The monoisotopic (exact) mass is 290 g/mol. The van der Waals surface area contributed by atoms with E-state index in [0.29, 0.717) is 26.2 Å². The van der Waals surface area contributed by atoms with E-state index in [2.05, 4.69) is 12.2 Å². The van der Waals surface area contributed by atoms with Crippen LogP contribution in [0.3, 0.4) is 0 Å². The van der Waals surface area contributed by atoms with Crippen LogP contribution in [0.5, 0.6) is 11.5 Å². The number of benzene rings is 1. The van der Waals surface area contributed by atoms with Gasteiger partial charge >= 0.3 is 0 Å². The van der Waals surface area contributed by atoms with Gasteiger partial charge in [0, 0.05) is 6.54 Å². The molecule has 1 rings (SSSR count). The molecule has 0 bridgehead atoms. The Bertz CT molecular complexity index is 495. The molecule has 0 aromatic heterocycles. The van der Waals surface area contributed by atoms with Crippen molar-refractivity contribution in [2.45, 2.75) is 33.1 Å². The Morgan fingerprint density at radius 2 is 2.10 bits per heavy atom. The van der Waals surface area contributed by atoms with Crippen molar-refractivity contribution >= 4 is 5.91 Å². The topological polar surface area (TPSA) is 71.3 Å². The number of carbonyl (C=O) groups excluding carboxylic acids is 1. The number of hydrogen-bond acceptors (Lipinski definition) is 4. The quantitative estimate of drug-likeness (QED) is 0.758. The Balaban J connectivity index is 2.60. The Hall–Kier alpha value is -2.22. The Morgan fingerprint density at radius 1 is 1.29 bits per heavy atom. The summed E-state index contributed by atoms with van der Waals surface area (Å²) in [4.78, 5) is 11.2. The van der Waals surface area contributed by atoms with E-state index < -0.39 is 0 Å². The van der Waals surface area contributed by atoms with E-state index in [0.717, 1.165) is 23.5 Å². The van der Waals surface area contributed by atoms with Crippen LogP contribution in [-0.2, 0) is 11.2 Å². The van der Waals surface area contributed by atoms with Crippen LogP contribution in [0.2, 0.25) is 0 Å². The molecule has 0 saturated carbocycles. The number of nitrogens with zero attached hydrogens (tertiary/aromatic N) is 1. The van der Waals surface area contributed by atoms with Crippen molar-refractivity contribution < 1.29 is 14.3 Å². The molecule has 114 valence electrons. The number of ether oxygens (including phenoxy) is 2. The summed E-state index contributed by atoms with van der Waals surface area (Å²) in [5, 5.41) is 11.1. The summed E-state index contributed by atoms with van der Waals surface area (Å²) in [6.07, 6.45) is 1.53. The maximum atomic E-state index is 11.2. The van der Waals surface area contributed by atoms with Gasteiger partial charge in [0.15, 0.2) is 11.5 Å². The lowest BCUT2D eigenvalue weighted by molar-refractivity contribution is -0.120. The first-order chi connectivity index (χ1) is 10.2. The maximum absolute atomic E-state index is 11.2. The Morgan fingerprint density at radius 3 is 2.76 bits per heavy atom. The summed E-state index contributed by atoms with van der Waals surface area (Å²) in [6.45, 7) is 5.72. The molecule has 0 aliphatic heterocycles. The Labute approximate surface area is 125 Å². The van der Waals surface area contributed by atoms with Gasteiger partial charge in [0.25, 0.3) is 0 Å². The minimum Gasteiger partial charge on any atom is -0.490 e. The molecular formula is C16H22N2O3. The fourth-order valence-corrected chi connectivity index (χ4v) is 1.79. The molecule has 5 nitrogen and oxygen atoms in total. The van der Waals surface area contributed by atoms with Crippen LogP contribution in [0, 0.1) is 11.3 Å². The lowest BCUT2D eigenvalue weighted by Crippen LogP contribution is -2.24. The molecule has 0 radical (unpaired) electrons.